The van der Waals surface area contributed by atoms with Crippen LogP contribution in [0.4, 0.5) is 18.9 Å². The number of nitrogens with one attached hydrogen (secondary N) is 3. The number of imidazole rings is 1. The number of H-pyrrole nitrogens is 1. The van der Waals surface area contributed by atoms with Gasteiger partial charge < -0.3 is 21.4 Å². The number of nitrogen functional groups attached to an aromatic ring is 1. The fraction of sp³-hybridized carbons (Fsp3) is 0.250. The normalized spacial score (nSPS) is 13.0. The molecule has 37 heavy (non-hydrogen) atoms. The second-order valence-corrected chi connectivity index (χ2v) is 8.81. The van der Waals surface area contributed by atoms with Gasteiger partial charge in [-0.3, -0.25) is 0 Å². The highest BCUT2D eigenvalue weighted by Crippen LogP contribution is 2.43. The number of anilines is 1. The summed E-state index contributed by atoms with van der Waals surface area (Å²) >= 11 is 0. The Bertz CT molecular complexity index is 1410. The van der Waals surface area contributed by atoms with E-state index in [0.29, 0.717) is 23.1 Å². The van der Waals surface area contributed by atoms with Gasteiger partial charge in [-0.2, -0.15) is 13.2 Å². The van der Waals surface area contributed by atoms with Gasteiger partial charge in [0.2, 0.25) is 0 Å². The molecule has 2 heterocycles. The number of halogens is 3. The fourth-order valence-corrected chi connectivity index (χ4v) is 4.70. The first-order valence-corrected chi connectivity index (χ1v) is 12.0. The van der Waals surface area contributed by atoms with Crippen molar-refractivity contribution >= 4 is 28.9 Å². The number of hydrogen-bond donors (Lipinski definition) is 4. The highest BCUT2D eigenvalue weighted by molar-refractivity contribution is 6.07. The predicted octanol–water partition coefficient (Wildman–Crippen LogP) is 6.15. The molecule has 0 fully saturated rings. The lowest BCUT2D eigenvalue weighted by molar-refractivity contribution is -0.136. The maximum absolute atomic E-state index is 13.8. The summed E-state index contributed by atoms with van der Waals surface area (Å²) in [5.74, 6) is 0.979. The smallest absolute Gasteiger partial charge is 0.398 e. The molecule has 2 aromatic carbocycles. The van der Waals surface area contributed by atoms with Crippen LogP contribution in [0.3, 0.4) is 0 Å². The number of benzene rings is 2. The molecule has 0 spiro atoms. The van der Waals surface area contributed by atoms with Crippen molar-refractivity contribution in [2.75, 3.05) is 12.8 Å². The highest BCUT2D eigenvalue weighted by atomic mass is 19.4. The first kappa shape index (κ1) is 26.1. The molecular formula is C28H29F3N6. The molecule has 4 aromatic rings. The van der Waals surface area contributed by atoms with Crippen LogP contribution in [0.1, 0.15) is 46.5 Å². The van der Waals surface area contributed by atoms with Crippen molar-refractivity contribution in [2.24, 2.45) is 0 Å². The van der Waals surface area contributed by atoms with Crippen LogP contribution in [-0.4, -0.2) is 28.2 Å². The molecule has 6 nitrogen and oxygen atoms in total. The first-order chi connectivity index (χ1) is 17.8. The van der Waals surface area contributed by atoms with Gasteiger partial charge in [-0.1, -0.05) is 36.9 Å². The zero-order chi connectivity index (χ0) is 26.6. The molecule has 0 saturated carbocycles. The number of hydrogen-bond acceptors (Lipinski definition) is 5. The molecule has 5 rings (SSSR count). The van der Waals surface area contributed by atoms with Crippen molar-refractivity contribution in [2.45, 2.75) is 38.4 Å². The average Bonchev–Trinajstić information content (AvgIpc) is 3.41. The monoisotopic (exact) mass is 506 g/mol. The van der Waals surface area contributed by atoms with Crippen molar-refractivity contribution in [3.8, 4) is 11.3 Å². The first-order valence-electron chi connectivity index (χ1n) is 12.0. The molecule has 1 aliphatic rings. The van der Waals surface area contributed by atoms with Crippen LogP contribution in [0.15, 0.2) is 49.3 Å². The largest absolute Gasteiger partial charge is 0.418 e. The van der Waals surface area contributed by atoms with E-state index in [0.717, 1.165) is 66.2 Å². The molecule has 5 N–H and O–H groups in total. The molecule has 192 valence electrons. The summed E-state index contributed by atoms with van der Waals surface area (Å²) in [7, 11) is 1.89. The van der Waals surface area contributed by atoms with Gasteiger partial charge in [-0.25, -0.2) is 9.97 Å². The number of fused-ring (bicyclic) bond motifs is 3. The molecule has 0 aliphatic heterocycles. The predicted molar refractivity (Wildman–Crippen MR) is 143 cm³/mol. The van der Waals surface area contributed by atoms with Crippen molar-refractivity contribution in [3.05, 3.63) is 82.9 Å². The molecule has 9 heteroatoms. The third-order valence-electron chi connectivity index (χ3n) is 6.42. The minimum atomic E-state index is -4.59. The van der Waals surface area contributed by atoms with Crippen molar-refractivity contribution in [3.63, 3.8) is 0 Å². The number of pyridine rings is 1. The average molecular weight is 507 g/mol. The maximum atomic E-state index is 13.8. The van der Waals surface area contributed by atoms with E-state index in [1.165, 1.54) is 0 Å². The van der Waals surface area contributed by atoms with Gasteiger partial charge in [0.05, 0.1) is 23.3 Å². The summed E-state index contributed by atoms with van der Waals surface area (Å²) in [6.45, 7) is 4.55. The van der Waals surface area contributed by atoms with E-state index >= 15 is 0 Å². The molecular weight excluding hydrogens is 477 g/mol. The van der Waals surface area contributed by atoms with Gasteiger partial charge in [0.25, 0.3) is 0 Å². The Hall–Kier alpha value is -3.98. The topological polar surface area (TPSA) is 103 Å². The summed E-state index contributed by atoms with van der Waals surface area (Å²) in [6.07, 6.45) is 4.94. The van der Waals surface area contributed by atoms with Gasteiger partial charge in [0.15, 0.2) is 0 Å². The number of nitrogens with zero attached hydrogens (tertiary/aromatic N) is 2. The summed E-state index contributed by atoms with van der Waals surface area (Å²) in [4.78, 5) is 11.5. The van der Waals surface area contributed by atoms with Gasteiger partial charge in [0.1, 0.15) is 5.82 Å². The summed E-state index contributed by atoms with van der Waals surface area (Å²) in [6, 6.07) is 8.38. The minimum Gasteiger partial charge on any atom is -0.398 e. The van der Waals surface area contributed by atoms with Crippen molar-refractivity contribution in [1.82, 2.24) is 20.3 Å². The van der Waals surface area contributed by atoms with Gasteiger partial charge >= 0.3 is 6.18 Å². The molecule has 0 amide bonds. The second kappa shape index (κ2) is 11.0. The number of aromatic amines is 1. The minimum absolute atomic E-state index is 0.0440. The van der Waals surface area contributed by atoms with Gasteiger partial charge in [-0.15, -0.1) is 0 Å². The van der Waals surface area contributed by atoms with Gasteiger partial charge in [0, 0.05) is 40.8 Å². The lowest BCUT2D eigenvalue weighted by Crippen LogP contribution is -2.14. The molecule has 0 saturated heterocycles. The Morgan fingerprint density at radius 2 is 1.86 bits per heavy atom. The van der Waals surface area contributed by atoms with E-state index in [4.69, 9.17) is 11.1 Å². The number of aromatic nitrogens is 3. The van der Waals surface area contributed by atoms with Crippen molar-refractivity contribution < 1.29 is 13.2 Å². The molecule has 1 aliphatic carbocycles. The second-order valence-electron chi connectivity index (χ2n) is 8.81. The Labute approximate surface area is 213 Å². The number of aryl methyl sites for hydroxylation is 1. The zero-order valence-electron chi connectivity index (χ0n) is 20.5. The third kappa shape index (κ3) is 5.41. The van der Waals surface area contributed by atoms with Crippen LogP contribution < -0.4 is 11.1 Å². The highest BCUT2D eigenvalue weighted by Gasteiger charge is 2.36. The molecule has 0 radical (unpaired) electrons. The van der Waals surface area contributed by atoms with Crippen LogP contribution in [0.5, 0.6) is 0 Å². The maximum Gasteiger partial charge on any atom is 0.418 e. The zero-order valence-corrected chi connectivity index (χ0v) is 20.5. The fourth-order valence-electron chi connectivity index (χ4n) is 4.70. The van der Waals surface area contributed by atoms with Crippen LogP contribution in [0.25, 0.3) is 28.2 Å². The van der Waals surface area contributed by atoms with Crippen LogP contribution in [0, 0.1) is 5.41 Å². The molecule has 0 bridgehead atoms. The Morgan fingerprint density at radius 3 is 2.43 bits per heavy atom. The van der Waals surface area contributed by atoms with Gasteiger partial charge in [-0.05, 0) is 55.5 Å². The Balaban J connectivity index is 0.000000342. The van der Waals surface area contributed by atoms with Crippen LogP contribution in [0.2, 0.25) is 0 Å². The number of nitrogens with two attached hydrogens (primary N) is 1. The lowest BCUT2D eigenvalue weighted by atomic mass is 9.84. The van der Waals surface area contributed by atoms with E-state index in [1.807, 2.05) is 37.5 Å². The quantitative estimate of drug-likeness (QED) is 0.192. The molecule has 0 atom stereocenters. The summed E-state index contributed by atoms with van der Waals surface area (Å²) in [5.41, 5.74) is 9.27. The SMILES string of the molecule is C=Cc1ccc(-c2nc3c(C(F)(F)F)cc(N)c(C=N)c3c3c2CCCC3)cc1.CNCc1ncc[nH]1. The summed E-state index contributed by atoms with van der Waals surface area (Å²) < 4.78 is 41.5. The van der Waals surface area contributed by atoms with Crippen LogP contribution >= 0.6 is 0 Å². The van der Waals surface area contributed by atoms with E-state index < -0.39 is 11.7 Å². The third-order valence-corrected chi connectivity index (χ3v) is 6.42. The van der Waals surface area contributed by atoms with Crippen LogP contribution in [-0.2, 0) is 25.6 Å². The van der Waals surface area contributed by atoms with E-state index in [9.17, 15) is 13.2 Å². The molecule has 0 unspecified atom stereocenters. The number of rotatable bonds is 5. The van der Waals surface area contributed by atoms with E-state index in [2.05, 4.69) is 26.8 Å². The van der Waals surface area contributed by atoms with E-state index in [-0.39, 0.29) is 11.2 Å². The van der Waals surface area contributed by atoms with Crippen molar-refractivity contribution in [1.29, 1.82) is 5.41 Å². The number of alkyl halides is 3. The van der Waals surface area contributed by atoms with E-state index in [1.54, 1.807) is 12.3 Å². The molecule has 2 aromatic heterocycles. The summed E-state index contributed by atoms with van der Waals surface area (Å²) in [5, 5.41) is 11.1. The Morgan fingerprint density at radius 1 is 1.16 bits per heavy atom. The standard InChI is InChI=1S/C23H20F3N3.C5H9N3/c1-2-13-7-9-14(10-8-13)21-16-6-4-3-5-15(16)20-17(12-27)19(28)11-18(22(20)29-21)23(24,25)26;1-6-4-5-7-2-3-8-5/h2,7-12,27H,1,3-6,28H2;2-3,6H,4H2,1H3,(H,7,8). The Kier molecular flexibility index (Phi) is 7.73. The lowest BCUT2D eigenvalue weighted by Gasteiger charge is -2.24.